The quantitative estimate of drug-likeness (QED) is 0.492. The first-order chi connectivity index (χ1) is 10.1. The normalized spacial score (nSPS) is 10.6. The third-order valence-electron chi connectivity index (χ3n) is 3.07. The summed E-state index contributed by atoms with van der Waals surface area (Å²) in [6.07, 6.45) is 7.03. The van der Waals surface area contributed by atoms with Gasteiger partial charge in [0.2, 0.25) is 0 Å². The van der Waals surface area contributed by atoms with Crippen molar-refractivity contribution in [1.29, 1.82) is 0 Å². The summed E-state index contributed by atoms with van der Waals surface area (Å²) < 4.78 is 0. The van der Waals surface area contributed by atoms with Gasteiger partial charge in [0.1, 0.15) is 11.3 Å². The summed E-state index contributed by atoms with van der Waals surface area (Å²) in [5.41, 5.74) is 2.95. The molecule has 4 rings (SSSR count). The van der Waals surface area contributed by atoms with E-state index in [4.69, 9.17) is 23.2 Å². The Bertz CT molecular complexity index is 895. The number of aromatic nitrogens is 4. The van der Waals surface area contributed by atoms with Crippen LogP contribution >= 0.6 is 23.2 Å². The fourth-order valence-electron chi connectivity index (χ4n) is 2.02. The molecule has 4 heterocycles. The first-order valence-electron chi connectivity index (χ1n) is 6.31. The average molecular weight is 319 g/mol. The Balaban J connectivity index is 0.000000126. The molecular formula is C15H12Cl2N4. The number of H-pyrrole nitrogens is 2. The van der Waals surface area contributed by atoms with Gasteiger partial charge in [0, 0.05) is 35.6 Å². The number of aromatic amines is 2. The fraction of sp³-hybridized carbons (Fsp3) is 0.0667. The van der Waals surface area contributed by atoms with Gasteiger partial charge in [-0.2, -0.15) is 0 Å². The second-order valence-corrected chi connectivity index (χ2v) is 5.46. The maximum atomic E-state index is 5.77. The molecule has 0 saturated carbocycles. The van der Waals surface area contributed by atoms with E-state index in [2.05, 4.69) is 19.9 Å². The van der Waals surface area contributed by atoms with Crippen molar-refractivity contribution in [2.45, 2.75) is 6.92 Å². The Labute approximate surface area is 131 Å². The minimum atomic E-state index is 0.673. The predicted octanol–water partition coefficient (Wildman–Crippen LogP) is 4.74. The summed E-state index contributed by atoms with van der Waals surface area (Å²) >= 11 is 11.5. The number of fused-ring (bicyclic) bond motifs is 2. The van der Waals surface area contributed by atoms with Crippen LogP contribution in [0.1, 0.15) is 5.56 Å². The van der Waals surface area contributed by atoms with Crippen LogP contribution in [0.3, 0.4) is 0 Å². The largest absolute Gasteiger partial charge is 0.346 e. The van der Waals surface area contributed by atoms with E-state index in [0.29, 0.717) is 10.0 Å². The number of hydrogen-bond donors (Lipinski definition) is 2. The standard InChI is InChI=1S/C8H7ClN2.C7H5ClN2/c1-5-3-10-8-7(5)2-6(9)4-11-8;8-6-3-5-1-2-9-7(5)10-4-6/h2-4H,1H3,(H,10,11);1-4H,(H,9,10). The maximum absolute atomic E-state index is 5.77. The van der Waals surface area contributed by atoms with E-state index in [0.717, 1.165) is 22.1 Å². The molecule has 4 nitrogen and oxygen atoms in total. The summed E-state index contributed by atoms with van der Waals surface area (Å²) in [4.78, 5) is 14.2. The van der Waals surface area contributed by atoms with Crippen LogP contribution in [-0.2, 0) is 0 Å². The predicted molar refractivity (Wildman–Crippen MR) is 86.9 cm³/mol. The molecule has 0 saturated heterocycles. The number of halogens is 2. The number of nitrogens with zero attached hydrogens (tertiary/aromatic N) is 2. The first kappa shape index (κ1) is 13.9. The van der Waals surface area contributed by atoms with Gasteiger partial charge >= 0.3 is 0 Å². The van der Waals surface area contributed by atoms with Gasteiger partial charge < -0.3 is 9.97 Å². The Morgan fingerprint density at radius 2 is 1.67 bits per heavy atom. The van der Waals surface area contributed by atoms with Gasteiger partial charge in [0.15, 0.2) is 0 Å². The molecule has 0 radical (unpaired) electrons. The minimum absolute atomic E-state index is 0.673. The van der Waals surface area contributed by atoms with E-state index in [1.165, 1.54) is 5.56 Å². The van der Waals surface area contributed by atoms with Crippen molar-refractivity contribution in [1.82, 2.24) is 19.9 Å². The molecule has 0 bridgehead atoms. The van der Waals surface area contributed by atoms with Gasteiger partial charge in [-0.25, -0.2) is 9.97 Å². The number of hydrogen-bond acceptors (Lipinski definition) is 2. The molecule has 0 aliphatic carbocycles. The zero-order valence-electron chi connectivity index (χ0n) is 11.2. The summed E-state index contributed by atoms with van der Waals surface area (Å²) in [5.74, 6) is 0. The highest BCUT2D eigenvalue weighted by atomic mass is 35.5. The Morgan fingerprint density at radius 3 is 2.48 bits per heavy atom. The molecule has 4 aromatic rings. The molecule has 0 amide bonds. The summed E-state index contributed by atoms with van der Waals surface area (Å²) in [7, 11) is 0. The van der Waals surface area contributed by atoms with Crippen LogP contribution in [-0.4, -0.2) is 19.9 Å². The van der Waals surface area contributed by atoms with Crippen LogP contribution in [0.25, 0.3) is 22.1 Å². The molecule has 6 heteroatoms. The van der Waals surface area contributed by atoms with E-state index in [-0.39, 0.29) is 0 Å². The third-order valence-corrected chi connectivity index (χ3v) is 3.48. The second kappa shape index (κ2) is 5.76. The van der Waals surface area contributed by atoms with Gasteiger partial charge in [-0.05, 0) is 30.7 Å². The fourth-order valence-corrected chi connectivity index (χ4v) is 2.35. The van der Waals surface area contributed by atoms with Gasteiger partial charge in [0.05, 0.1) is 10.0 Å². The van der Waals surface area contributed by atoms with Crippen LogP contribution in [0.2, 0.25) is 10.0 Å². The summed E-state index contributed by atoms with van der Waals surface area (Å²) in [5, 5.41) is 3.50. The van der Waals surface area contributed by atoms with E-state index < -0.39 is 0 Å². The molecule has 0 aliphatic heterocycles. The summed E-state index contributed by atoms with van der Waals surface area (Å²) in [6, 6.07) is 5.73. The summed E-state index contributed by atoms with van der Waals surface area (Å²) in [6.45, 7) is 2.02. The third kappa shape index (κ3) is 3.01. The van der Waals surface area contributed by atoms with Crippen LogP contribution < -0.4 is 0 Å². The zero-order valence-corrected chi connectivity index (χ0v) is 12.7. The molecule has 4 aromatic heterocycles. The molecule has 0 atom stereocenters. The van der Waals surface area contributed by atoms with E-state index in [1.54, 1.807) is 12.4 Å². The molecule has 106 valence electrons. The molecule has 0 unspecified atom stereocenters. The van der Waals surface area contributed by atoms with Crippen LogP contribution in [0, 0.1) is 6.92 Å². The van der Waals surface area contributed by atoms with E-state index in [9.17, 15) is 0 Å². The lowest BCUT2D eigenvalue weighted by Gasteiger charge is -1.90. The van der Waals surface area contributed by atoms with Crippen LogP contribution in [0.15, 0.2) is 43.0 Å². The maximum Gasteiger partial charge on any atom is 0.137 e. The van der Waals surface area contributed by atoms with Gasteiger partial charge in [-0.15, -0.1) is 0 Å². The smallest absolute Gasteiger partial charge is 0.137 e. The molecular weight excluding hydrogens is 307 g/mol. The van der Waals surface area contributed by atoms with Crippen LogP contribution in [0.4, 0.5) is 0 Å². The lowest BCUT2D eigenvalue weighted by Crippen LogP contribution is -1.74. The van der Waals surface area contributed by atoms with E-state index >= 15 is 0 Å². The highest BCUT2D eigenvalue weighted by molar-refractivity contribution is 6.31. The van der Waals surface area contributed by atoms with Crippen molar-refractivity contribution in [2.24, 2.45) is 0 Å². The topological polar surface area (TPSA) is 57.4 Å². The number of nitrogens with one attached hydrogen (secondary N) is 2. The molecule has 2 N–H and O–H groups in total. The van der Waals surface area contributed by atoms with Crippen molar-refractivity contribution in [3.63, 3.8) is 0 Å². The Hall–Kier alpha value is -2.04. The number of aryl methyl sites for hydroxylation is 1. The lowest BCUT2D eigenvalue weighted by molar-refractivity contribution is 1.32. The van der Waals surface area contributed by atoms with Crippen LogP contribution in [0.5, 0.6) is 0 Å². The van der Waals surface area contributed by atoms with E-state index in [1.807, 2.05) is 37.5 Å². The van der Waals surface area contributed by atoms with Gasteiger partial charge in [-0.3, -0.25) is 0 Å². The van der Waals surface area contributed by atoms with Crippen molar-refractivity contribution < 1.29 is 0 Å². The van der Waals surface area contributed by atoms with Gasteiger partial charge in [0.25, 0.3) is 0 Å². The van der Waals surface area contributed by atoms with Crippen molar-refractivity contribution in [3.05, 3.63) is 58.6 Å². The molecule has 0 aliphatic rings. The molecule has 21 heavy (non-hydrogen) atoms. The number of pyridine rings is 2. The van der Waals surface area contributed by atoms with Crippen molar-refractivity contribution in [3.8, 4) is 0 Å². The van der Waals surface area contributed by atoms with Crippen molar-refractivity contribution in [2.75, 3.05) is 0 Å². The highest BCUT2D eigenvalue weighted by Crippen LogP contribution is 2.18. The molecule has 0 spiro atoms. The lowest BCUT2D eigenvalue weighted by atomic mass is 10.2. The minimum Gasteiger partial charge on any atom is -0.346 e. The molecule has 0 aromatic carbocycles. The highest BCUT2D eigenvalue weighted by Gasteiger charge is 1.99. The monoisotopic (exact) mass is 318 g/mol. The van der Waals surface area contributed by atoms with Gasteiger partial charge in [-0.1, -0.05) is 23.2 Å². The first-order valence-corrected chi connectivity index (χ1v) is 7.07. The molecule has 0 fully saturated rings. The second-order valence-electron chi connectivity index (χ2n) is 4.59. The van der Waals surface area contributed by atoms with Crippen molar-refractivity contribution >= 4 is 45.3 Å². The Kier molecular flexibility index (Phi) is 3.82. The number of rotatable bonds is 0. The SMILES string of the molecule is Cc1c[nH]c2ncc(Cl)cc12.Clc1cnc2[nH]ccc2c1. The average Bonchev–Trinajstić information content (AvgIpc) is 3.06. The zero-order chi connectivity index (χ0) is 14.8. The Morgan fingerprint density at radius 1 is 0.952 bits per heavy atom.